The first-order chi connectivity index (χ1) is 16.4. The van der Waals surface area contributed by atoms with Crippen molar-refractivity contribution < 1.29 is 4.39 Å². The van der Waals surface area contributed by atoms with Crippen molar-refractivity contribution in [3.05, 3.63) is 52.1 Å². The monoisotopic (exact) mass is 485 g/mol. The Balaban J connectivity index is 1.47. The maximum Gasteiger partial charge on any atom is 0.229 e. The van der Waals surface area contributed by atoms with Gasteiger partial charge in [0.2, 0.25) is 5.95 Å². The molecule has 0 unspecified atom stereocenters. The molecule has 1 fully saturated rings. The summed E-state index contributed by atoms with van der Waals surface area (Å²) in [5.74, 6) is 1.31. The number of benzene rings is 1. The summed E-state index contributed by atoms with van der Waals surface area (Å²) in [5.41, 5.74) is 3.43. The molecule has 0 radical (unpaired) electrons. The number of aromatic nitrogens is 4. The highest BCUT2D eigenvalue weighted by Crippen LogP contribution is 2.34. The number of aryl methyl sites for hydroxylation is 2. The molecule has 2 aromatic heterocycles. The number of piperidine rings is 1. The first-order valence-electron chi connectivity index (χ1n) is 12.0. The van der Waals surface area contributed by atoms with Crippen LogP contribution in [0, 0.1) is 19.7 Å². The summed E-state index contributed by atoms with van der Waals surface area (Å²) in [6, 6.07) is 6.01. The summed E-state index contributed by atoms with van der Waals surface area (Å²) in [6.07, 6.45) is 5.96. The highest BCUT2D eigenvalue weighted by atomic mass is 35.5. The van der Waals surface area contributed by atoms with Gasteiger partial charge in [0, 0.05) is 17.8 Å². The van der Waals surface area contributed by atoms with Crippen LogP contribution in [-0.4, -0.2) is 44.2 Å². The van der Waals surface area contributed by atoms with Crippen LogP contribution >= 0.6 is 11.6 Å². The number of hydrogen-bond donors (Lipinski definition) is 3. The van der Waals surface area contributed by atoms with Crippen molar-refractivity contribution in [3.63, 3.8) is 0 Å². The predicted molar refractivity (Wildman–Crippen MR) is 136 cm³/mol. The highest BCUT2D eigenvalue weighted by molar-refractivity contribution is 6.32. The average molecular weight is 486 g/mol. The van der Waals surface area contributed by atoms with E-state index in [1.54, 1.807) is 6.07 Å². The topological polar surface area (TPSA) is 81.8 Å². The lowest BCUT2D eigenvalue weighted by atomic mass is 9.86. The summed E-state index contributed by atoms with van der Waals surface area (Å²) < 4.78 is 15.1. The van der Waals surface area contributed by atoms with Crippen molar-refractivity contribution in [2.45, 2.75) is 65.3 Å². The predicted octanol–water partition coefficient (Wildman–Crippen LogP) is 6.46. The Bertz CT molecular complexity index is 1120. The van der Waals surface area contributed by atoms with E-state index in [-0.39, 0.29) is 11.8 Å². The van der Waals surface area contributed by atoms with Gasteiger partial charge in [0.25, 0.3) is 0 Å². The van der Waals surface area contributed by atoms with Crippen LogP contribution < -0.4 is 10.6 Å². The molecule has 1 aliphatic heterocycles. The number of H-pyrrole nitrogens is 1. The molecule has 1 aliphatic rings. The molecule has 0 spiro atoms. The number of anilines is 4. The smallest absolute Gasteiger partial charge is 0.229 e. The van der Waals surface area contributed by atoms with Gasteiger partial charge < -0.3 is 15.5 Å². The third-order valence-electron chi connectivity index (χ3n) is 6.73. The van der Waals surface area contributed by atoms with Gasteiger partial charge in [0.15, 0.2) is 11.6 Å². The third kappa shape index (κ3) is 5.50. The average Bonchev–Trinajstić information content (AvgIpc) is 3.24. The second kappa shape index (κ2) is 10.7. The molecule has 0 bridgehead atoms. The fraction of sp³-hybridized carbons (Fsp3) is 0.480. The van der Waals surface area contributed by atoms with E-state index < -0.39 is 0 Å². The molecule has 34 heavy (non-hydrogen) atoms. The summed E-state index contributed by atoms with van der Waals surface area (Å²) in [6.45, 7) is 10.6. The van der Waals surface area contributed by atoms with E-state index >= 15 is 4.39 Å². The fourth-order valence-electron chi connectivity index (χ4n) is 4.85. The van der Waals surface area contributed by atoms with Gasteiger partial charge in [-0.2, -0.15) is 10.1 Å². The molecular weight excluding hydrogens is 453 g/mol. The number of nitrogens with zero attached hydrogens (tertiary/aromatic N) is 4. The van der Waals surface area contributed by atoms with Gasteiger partial charge in [-0.15, -0.1) is 0 Å². The van der Waals surface area contributed by atoms with Crippen molar-refractivity contribution in [1.82, 2.24) is 25.1 Å². The molecular formula is C25H33ClFN7. The van der Waals surface area contributed by atoms with Crippen LogP contribution in [0.2, 0.25) is 5.02 Å². The minimum atomic E-state index is -0.306. The number of aromatic amines is 1. The van der Waals surface area contributed by atoms with Crippen molar-refractivity contribution in [1.29, 1.82) is 0 Å². The maximum absolute atomic E-state index is 15.1. The minimum absolute atomic E-state index is 0.253. The minimum Gasteiger partial charge on any atom is -0.322 e. The van der Waals surface area contributed by atoms with Crippen LogP contribution in [-0.2, 0) is 0 Å². The van der Waals surface area contributed by atoms with Gasteiger partial charge in [-0.1, -0.05) is 25.4 Å². The molecule has 4 rings (SSSR count). The Morgan fingerprint density at radius 1 is 1.15 bits per heavy atom. The van der Waals surface area contributed by atoms with Gasteiger partial charge in [-0.3, -0.25) is 5.10 Å². The van der Waals surface area contributed by atoms with E-state index in [9.17, 15) is 0 Å². The zero-order chi connectivity index (χ0) is 24.2. The van der Waals surface area contributed by atoms with Gasteiger partial charge in [-0.05, 0) is 81.8 Å². The molecule has 0 atom stereocenters. The van der Waals surface area contributed by atoms with E-state index in [1.165, 1.54) is 19.0 Å². The van der Waals surface area contributed by atoms with Crippen LogP contribution in [0.4, 0.5) is 27.7 Å². The summed E-state index contributed by atoms with van der Waals surface area (Å²) in [4.78, 5) is 11.2. The van der Waals surface area contributed by atoms with Gasteiger partial charge in [0.05, 0.1) is 11.9 Å². The van der Waals surface area contributed by atoms with Crippen LogP contribution in [0.15, 0.2) is 24.4 Å². The summed E-state index contributed by atoms with van der Waals surface area (Å²) >= 11 is 6.24. The fourth-order valence-corrected chi connectivity index (χ4v) is 4.99. The largest absolute Gasteiger partial charge is 0.322 e. The summed E-state index contributed by atoms with van der Waals surface area (Å²) in [7, 11) is 0. The van der Waals surface area contributed by atoms with Crippen LogP contribution in [0.1, 0.15) is 62.3 Å². The Morgan fingerprint density at radius 2 is 1.88 bits per heavy atom. The number of nitrogens with one attached hydrogen (secondary N) is 3. The number of hydrogen-bond acceptors (Lipinski definition) is 6. The van der Waals surface area contributed by atoms with Gasteiger partial charge in [-0.25, -0.2) is 9.37 Å². The zero-order valence-electron chi connectivity index (χ0n) is 20.3. The van der Waals surface area contributed by atoms with E-state index in [4.69, 9.17) is 11.6 Å². The molecule has 182 valence electrons. The Hall–Kier alpha value is -2.71. The van der Waals surface area contributed by atoms with Crippen molar-refractivity contribution in [3.8, 4) is 0 Å². The van der Waals surface area contributed by atoms with Crippen molar-refractivity contribution in [2.24, 2.45) is 0 Å². The quantitative estimate of drug-likeness (QED) is 0.339. The van der Waals surface area contributed by atoms with Crippen LogP contribution in [0.5, 0.6) is 0 Å². The first-order valence-corrected chi connectivity index (χ1v) is 12.4. The van der Waals surface area contributed by atoms with E-state index in [2.05, 4.69) is 49.5 Å². The number of likely N-dealkylation sites (tertiary alicyclic amines) is 1. The molecule has 3 heterocycles. The van der Waals surface area contributed by atoms with Gasteiger partial charge in [0.1, 0.15) is 10.8 Å². The van der Waals surface area contributed by atoms with Crippen LogP contribution in [0.25, 0.3) is 0 Å². The lowest BCUT2D eigenvalue weighted by Crippen LogP contribution is -2.40. The standard InChI is InChI=1S/C25H33ClFN7/c1-5-18(6-2)34-9-7-17(8-10-34)19-13-21(27)22(11-15(19)3)29-25-28-14-20(26)24(31-25)30-23-12-16(4)32-33-23/h11-14,17-18H,5-10H2,1-4H3,(H3,28,29,30,31,32,33). The normalized spacial score (nSPS) is 15.1. The Kier molecular flexibility index (Phi) is 7.68. The second-order valence-electron chi connectivity index (χ2n) is 9.05. The molecule has 0 saturated carbocycles. The Labute approximate surface area is 205 Å². The lowest BCUT2D eigenvalue weighted by molar-refractivity contribution is 0.144. The van der Waals surface area contributed by atoms with Crippen molar-refractivity contribution in [2.75, 3.05) is 23.7 Å². The molecule has 9 heteroatoms. The molecule has 7 nitrogen and oxygen atoms in total. The SMILES string of the molecule is CCC(CC)N1CCC(c2cc(F)c(Nc3ncc(Cl)c(Nc4cc(C)[nH]n4)n3)cc2C)CC1. The number of halogens is 2. The zero-order valence-corrected chi connectivity index (χ0v) is 21.0. The third-order valence-corrected chi connectivity index (χ3v) is 7.00. The van der Waals surface area contributed by atoms with E-state index in [0.717, 1.165) is 42.8 Å². The van der Waals surface area contributed by atoms with E-state index in [0.29, 0.717) is 34.3 Å². The molecule has 1 saturated heterocycles. The molecule has 0 aliphatic carbocycles. The maximum atomic E-state index is 15.1. The first kappa shape index (κ1) is 24.4. The Morgan fingerprint density at radius 3 is 2.53 bits per heavy atom. The lowest BCUT2D eigenvalue weighted by Gasteiger charge is -2.37. The molecule has 3 N–H and O–H groups in total. The molecule has 0 amide bonds. The molecule has 1 aromatic carbocycles. The highest BCUT2D eigenvalue weighted by Gasteiger charge is 2.26. The summed E-state index contributed by atoms with van der Waals surface area (Å²) in [5, 5.41) is 13.4. The second-order valence-corrected chi connectivity index (χ2v) is 9.45. The van der Waals surface area contributed by atoms with Gasteiger partial charge >= 0.3 is 0 Å². The molecule has 3 aromatic rings. The van der Waals surface area contributed by atoms with Crippen LogP contribution in [0.3, 0.4) is 0 Å². The number of rotatable bonds is 8. The van der Waals surface area contributed by atoms with Crippen molar-refractivity contribution >= 4 is 34.9 Å². The van der Waals surface area contributed by atoms with E-state index in [1.807, 2.05) is 26.0 Å².